The Morgan fingerprint density at radius 3 is 2.75 bits per heavy atom. The van der Waals surface area contributed by atoms with Crippen LogP contribution in [-0.2, 0) is 13.1 Å². The first kappa shape index (κ1) is 11.6. The highest BCUT2D eigenvalue weighted by Gasteiger charge is 1.98. The Morgan fingerprint density at radius 2 is 2.06 bits per heavy atom. The molecule has 1 heterocycles. The maximum absolute atomic E-state index is 12.9. The SMILES string of the molecule is Fc1cccc(CNCc2ccc(Cl)s2)c1. The second-order valence-corrected chi connectivity index (χ2v) is 5.24. The first-order valence-electron chi connectivity index (χ1n) is 4.93. The Labute approximate surface area is 103 Å². The molecule has 0 unspecified atom stereocenters. The molecule has 2 rings (SSSR count). The summed E-state index contributed by atoms with van der Waals surface area (Å²) in [6.45, 7) is 1.42. The molecule has 0 fully saturated rings. The molecule has 0 saturated heterocycles. The summed E-state index contributed by atoms with van der Waals surface area (Å²) in [6, 6.07) is 10.5. The molecule has 0 amide bonds. The van der Waals surface area contributed by atoms with Crippen LogP contribution in [0.2, 0.25) is 4.34 Å². The molecule has 16 heavy (non-hydrogen) atoms. The van der Waals surface area contributed by atoms with Crippen molar-refractivity contribution in [1.82, 2.24) is 5.32 Å². The van der Waals surface area contributed by atoms with E-state index in [1.54, 1.807) is 17.4 Å². The number of halogens is 2. The molecule has 0 aliphatic rings. The fraction of sp³-hybridized carbons (Fsp3) is 0.167. The third kappa shape index (κ3) is 3.30. The van der Waals surface area contributed by atoms with Crippen molar-refractivity contribution in [2.24, 2.45) is 0 Å². The molecule has 0 aliphatic carbocycles. The van der Waals surface area contributed by atoms with Crippen LogP contribution in [0.4, 0.5) is 4.39 Å². The van der Waals surface area contributed by atoms with Crippen molar-refractivity contribution in [3.8, 4) is 0 Å². The maximum atomic E-state index is 12.9. The number of benzene rings is 1. The summed E-state index contributed by atoms with van der Waals surface area (Å²) in [4.78, 5) is 1.18. The molecule has 4 heteroatoms. The van der Waals surface area contributed by atoms with E-state index in [4.69, 9.17) is 11.6 Å². The topological polar surface area (TPSA) is 12.0 Å². The van der Waals surface area contributed by atoms with Crippen molar-refractivity contribution in [3.63, 3.8) is 0 Å². The predicted molar refractivity (Wildman–Crippen MR) is 66.3 cm³/mol. The van der Waals surface area contributed by atoms with Gasteiger partial charge < -0.3 is 5.32 Å². The summed E-state index contributed by atoms with van der Waals surface area (Å²) < 4.78 is 13.7. The first-order chi connectivity index (χ1) is 7.74. The van der Waals surface area contributed by atoms with Crippen LogP contribution in [0.3, 0.4) is 0 Å². The molecule has 84 valence electrons. The van der Waals surface area contributed by atoms with Gasteiger partial charge in [0.15, 0.2) is 0 Å². The molecule has 0 radical (unpaired) electrons. The zero-order valence-corrected chi connectivity index (χ0v) is 10.1. The van der Waals surface area contributed by atoms with Gasteiger partial charge in [0.1, 0.15) is 5.82 Å². The van der Waals surface area contributed by atoms with Crippen LogP contribution in [0.25, 0.3) is 0 Å². The lowest BCUT2D eigenvalue weighted by Crippen LogP contribution is -2.11. The molecule has 0 saturated carbocycles. The van der Waals surface area contributed by atoms with Crippen LogP contribution in [0, 0.1) is 5.82 Å². The van der Waals surface area contributed by atoms with Gasteiger partial charge in [0.2, 0.25) is 0 Å². The van der Waals surface area contributed by atoms with Crippen molar-refractivity contribution in [2.45, 2.75) is 13.1 Å². The van der Waals surface area contributed by atoms with Gasteiger partial charge in [-0.2, -0.15) is 0 Å². The van der Waals surface area contributed by atoms with E-state index in [0.717, 1.165) is 16.4 Å². The molecular weight excluding hydrogens is 245 g/mol. The Hall–Kier alpha value is -0.900. The number of thiophene rings is 1. The van der Waals surface area contributed by atoms with E-state index in [1.807, 2.05) is 18.2 Å². The number of nitrogens with one attached hydrogen (secondary N) is 1. The van der Waals surface area contributed by atoms with Crippen LogP contribution in [-0.4, -0.2) is 0 Å². The summed E-state index contributed by atoms with van der Waals surface area (Å²) in [5.41, 5.74) is 0.947. The monoisotopic (exact) mass is 255 g/mol. The summed E-state index contributed by atoms with van der Waals surface area (Å²) in [6.07, 6.45) is 0. The lowest BCUT2D eigenvalue weighted by Gasteiger charge is -2.03. The van der Waals surface area contributed by atoms with Gasteiger partial charge in [-0.25, -0.2) is 4.39 Å². The third-order valence-corrected chi connectivity index (χ3v) is 3.38. The summed E-state index contributed by atoms with van der Waals surface area (Å²) >= 11 is 7.37. The maximum Gasteiger partial charge on any atom is 0.123 e. The van der Waals surface area contributed by atoms with E-state index in [-0.39, 0.29) is 5.82 Å². The van der Waals surface area contributed by atoms with E-state index in [1.165, 1.54) is 17.0 Å². The van der Waals surface area contributed by atoms with Gasteiger partial charge in [0.05, 0.1) is 4.34 Å². The average molecular weight is 256 g/mol. The second kappa shape index (κ2) is 5.43. The van der Waals surface area contributed by atoms with E-state index >= 15 is 0 Å². The molecular formula is C12H11ClFNS. The van der Waals surface area contributed by atoms with Crippen LogP contribution in [0.5, 0.6) is 0 Å². The highest BCUT2D eigenvalue weighted by molar-refractivity contribution is 7.16. The lowest BCUT2D eigenvalue weighted by molar-refractivity contribution is 0.620. The summed E-state index contributed by atoms with van der Waals surface area (Å²) in [7, 11) is 0. The number of hydrogen-bond donors (Lipinski definition) is 1. The van der Waals surface area contributed by atoms with Gasteiger partial charge in [0, 0.05) is 18.0 Å². The molecule has 0 atom stereocenters. The minimum Gasteiger partial charge on any atom is -0.308 e. The fourth-order valence-electron chi connectivity index (χ4n) is 1.42. The van der Waals surface area contributed by atoms with Crippen LogP contribution in [0.15, 0.2) is 36.4 Å². The van der Waals surface area contributed by atoms with Gasteiger partial charge in [-0.1, -0.05) is 23.7 Å². The van der Waals surface area contributed by atoms with Crippen LogP contribution in [0.1, 0.15) is 10.4 Å². The number of hydrogen-bond acceptors (Lipinski definition) is 2. The van der Waals surface area contributed by atoms with Crippen molar-refractivity contribution in [1.29, 1.82) is 0 Å². The van der Waals surface area contributed by atoms with Gasteiger partial charge in [-0.3, -0.25) is 0 Å². The second-order valence-electron chi connectivity index (χ2n) is 3.44. The lowest BCUT2D eigenvalue weighted by atomic mass is 10.2. The van der Waals surface area contributed by atoms with Gasteiger partial charge >= 0.3 is 0 Å². The summed E-state index contributed by atoms with van der Waals surface area (Å²) in [5.74, 6) is -0.196. The smallest absolute Gasteiger partial charge is 0.123 e. The zero-order valence-electron chi connectivity index (χ0n) is 8.54. The third-order valence-electron chi connectivity index (χ3n) is 2.15. The van der Waals surface area contributed by atoms with Crippen molar-refractivity contribution in [2.75, 3.05) is 0 Å². The molecule has 2 aromatic rings. The van der Waals surface area contributed by atoms with Crippen molar-refractivity contribution < 1.29 is 4.39 Å². The highest BCUT2D eigenvalue weighted by atomic mass is 35.5. The molecule has 1 N–H and O–H groups in total. The van der Waals surface area contributed by atoms with Gasteiger partial charge in [-0.15, -0.1) is 11.3 Å². The zero-order chi connectivity index (χ0) is 11.4. The fourth-order valence-corrected chi connectivity index (χ4v) is 2.48. The average Bonchev–Trinajstić information content (AvgIpc) is 2.64. The minimum atomic E-state index is -0.196. The number of rotatable bonds is 4. The van der Waals surface area contributed by atoms with Crippen molar-refractivity contribution >= 4 is 22.9 Å². The molecule has 0 bridgehead atoms. The first-order valence-corrected chi connectivity index (χ1v) is 6.13. The van der Waals surface area contributed by atoms with Crippen LogP contribution >= 0.6 is 22.9 Å². The van der Waals surface area contributed by atoms with Crippen molar-refractivity contribution in [3.05, 3.63) is 57.0 Å². The molecule has 1 aromatic carbocycles. The molecule has 0 spiro atoms. The van der Waals surface area contributed by atoms with Gasteiger partial charge in [0.25, 0.3) is 0 Å². The highest BCUT2D eigenvalue weighted by Crippen LogP contribution is 2.21. The molecule has 0 aliphatic heterocycles. The largest absolute Gasteiger partial charge is 0.308 e. The predicted octanol–water partition coefficient (Wildman–Crippen LogP) is 3.83. The standard InChI is InChI=1S/C12H11ClFNS/c13-12-5-4-11(16-12)8-15-7-9-2-1-3-10(14)6-9/h1-6,15H,7-8H2. The Bertz CT molecular complexity index is 470. The van der Waals surface area contributed by atoms with Crippen LogP contribution < -0.4 is 5.32 Å². The minimum absolute atomic E-state index is 0.196. The van der Waals surface area contributed by atoms with E-state index in [0.29, 0.717) is 6.54 Å². The normalized spacial score (nSPS) is 10.6. The quantitative estimate of drug-likeness (QED) is 0.876. The van der Waals surface area contributed by atoms with E-state index in [9.17, 15) is 4.39 Å². The molecule has 1 nitrogen and oxygen atoms in total. The van der Waals surface area contributed by atoms with E-state index < -0.39 is 0 Å². The Kier molecular flexibility index (Phi) is 3.93. The Morgan fingerprint density at radius 1 is 1.19 bits per heavy atom. The van der Waals surface area contributed by atoms with E-state index in [2.05, 4.69) is 5.32 Å². The Balaban J connectivity index is 1.84. The van der Waals surface area contributed by atoms with Gasteiger partial charge in [-0.05, 0) is 29.8 Å². The molecule has 1 aromatic heterocycles. The summed E-state index contributed by atoms with van der Waals surface area (Å²) in [5, 5.41) is 3.24.